The molecule has 0 aliphatic carbocycles. The van der Waals surface area contributed by atoms with Gasteiger partial charge in [-0.3, -0.25) is 10.4 Å². The Labute approximate surface area is 163 Å². The molecule has 1 aromatic heterocycles. The van der Waals surface area contributed by atoms with Crippen LogP contribution in [0.2, 0.25) is 0 Å². The molecular weight excluding hydrogens is 354 g/mol. The van der Waals surface area contributed by atoms with Crippen LogP contribution in [0.5, 0.6) is 5.75 Å². The van der Waals surface area contributed by atoms with Gasteiger partial charge in [0.15, 0.2) is 0 Å². The van der Waals surface area contributed by atoms with Crippen molar-refractivity contribution in [1.82, 2.24) is 15.8 Å². The molecule has 142 valence electrons. The van der Waals surface area contributed by atoms with Crippen LogP contribution in [-0.2, 0) is 6.61 Å². The predicted octanol–water partition coefficient (Wildman–Crippen LogP) is 3.56. The Bertz CT molecular complexity index is 950. The molecule has 4 rings (SSSR count). The molecule has 1 unspecified atom stereocenters. The van der Waals surface area contributed by atoms with Crippen LogP contribution in [0.25, 0.3) is 11.1 Å². The van der Waals surface area contributed by atoms with E-state index in [-0.39, 0.29) is 11.6 Å². The first-order valence-electron chi connectivity index (χ1n) is 9.19. The predicted molar refractivity (Wildman–Crippen MR) is 106 cm³/mol. The summed E-state index contributed by atoms with van der Waals surface area (Å²) in [6, 6.07) is 19.1. The molecule has 28 heavy (non-hydrogen) atoms. The fourth-order valence-electron chi connectivity index (χ4n) is 3.20. The number of hydrazine groups is 1. The lowest BCUT2D eigenvalue weighted by molar-refractivity contribution is 0.0697. The summed E-state index contributed by atoms with van der Waals surface area (Å²) in [5, 5.41) is 9.02. The third kappa shape index (κ3) is 4.19. The molecule has 0 radical (unpaired) electrons. The van der Waals surface area contributed by atoms with Crippen LogP contribution in [0, 0.1) is 0 Å². The van der Waals surface area contributed by atoms with Gasteiger partial charge in [0.2, 0.25) is 0 Å². The number of rotatable bonds is 6. The number of aromatic carboxylic acids is 1. The Hall–Kier alpha value is -3.22. The number of nitrogens with one attached hydrogen (secondary N) is 2. The van der Waals surface area contributed by atoms with Gasteiger partial charge in [0.05, 0.1) is 23.5 Å². The molecule has 6 nitrogen and oxygen atoms in total. The van der Waals surface area contributed by atoms with E-state index in [0.717, 1.165) is 41.1 Å². The molecular formula is C22H21N3O3. The van der Waals surface area contributed by atoms with Gasteiger partial charge >= 0.3 is 5.97 Å². The Morgan fingerprint density at radius 1 is 1.11 bits per heavy atom. The highest BCUT2D eigenvalue weighted by molar-refractivity contribution is 5.88. The van der Waals surface area contributed by atoms with E-state index in [1.54, 1.807) is 18.3 Å². The van der Waals surface area contributed by atoms with E-state index in [2.05, 4.69) is 15.8 Å². The second-order valence-electron chi connectivity index (χ2n) is 6.70. The molecule has 1 aliphatic rings. The van der Waals surface area contributed by atoms with Crippen molar-refractivity contribution in [3.63, 3.8) is 0 Å². The van der Waals surface area contributed by atoms with Crippen molar-refractivity contribution < 1.29 is 14.6 Å². The highest BCUT2D eigenvalue weighted by Crippen LogP contribution is 2.23. The van der Waals surface area contributed by atoms with Gasteiger partial charge < -0.3 is 9.84 Å². The molecule has 1 aliphatic heterocycles. The topological polar surface area (TPSA) is 83.5 Å². The first-order valence-corrected chi connectivity index (χ1v) is 9.19. The maximum Gasteiger partial charge on any atom is 0.335 e. The molecule has 0 saturated carbocycles. The molecule has 1 saturated heterocycles. The zero-order chi connectivity index (χ0) is 19.3. The summed E-state index contributed by atoms with van der Waals surface area (Å²) in [5.74, 6) is -0.195. The largest absolute Gasteiger partial charge is 0.487 e. The maximum atomic E-state index is 11.0. The Morgan fingerprint density at radius 3 is 2.64 bits per heavy atom. The van der Waals surface area contributed by atoms with E-state index >= 15 is 0 Å². The minimum absolute atomic E-state index is 0.248. The number of carboxylic acid groups (broad SMARTS) is 1. The highest BCUT2D eigenvalue weighted by Gasteiger charge is 2.16. The van der Waals surface area contributed by atoms with Crippen molar-refractivity contribution >= 4 is 5.97 Å². The summed E-state index contributed by atoms with van der Waals surface area (Å²) in [5.41, 5.74) is 10.6. The minimum atomic E-state index is -0.923. The average molecular weight is 375 g/mol. The quantitative estimate of drug-likeness (QED) is 0.611. The minimum Gasteiger partial charge on any atom is -0.487 e. The Morgan fingerprint density at radius 2 is 1.96 bits per heavy atom. The highest BCUT2D eigenvalue weighted by atomic mass is 16.5. The van der Waals surface area contributed by atoms with Gasteiger partial charge in [0, 0.05) is 6.54 Å². The zero-order valence-electron chi connectivity index (χ0n) is 15.3. The van der Waals surface area contributed by atoms with Crippen molar-refractivity contribution in [2.45, 2.75) is 19.1 Å². The second-order valence-corrected chi connectivity index (χ2v) is 6.70. The van der Waals surface area contributed by atoms with E-state index in [1.807, 2.05) is 48.5 Å². The number of carbonyl (C=O) groups is 1. The zero-order valence-corrected chi connectivity index (χ0v) is 15.3. The molecule has 0 amide bonds. The number of carboxylic acids is 1. The van der Waals surface area contributed by atoms with Gasteiger partial charge in [-0.2, -0.15) is 0 Å². The van der Waals surface area contributed by atoms with Gasteiger partial charge in [0.1, 0.15) is 12.4 Å². The fourth-order valence-corrected chi connectivity index (χ4v) is 3.20. The number of ether oxygens (including phenoxy) is 1. The maximum absolute atomic E-state index is 11.0. The van der Waals surface area contributed by atoms with Crippen molar-refractivity contribution in [2.24, 2.45) is 0 Å². The third-order valence-electron chi connectivity index (χ3n) is 4.75. The lowest BCUT2D eigenvalue weighted by Crippen LogP contribution is -2.25. The summed E-state index contributed by atoms with van der Waals surface area (Å²) < 4.78 is 5.87. The lowest BCUT2D eigenvalue weighted by Gasteiger charge is -2.11. The van der Waals surface area contributed by atoms with E-state index in [0.29, 0.717) is 6.61 Å². The number of hydrogen-bond acceptors (Lipinski definition) is 5. The molecule has 0 spiro atoms. The van der Waals surface area contributed by atoms with Gasteiger partial charge in [0.25, 0.3) is 0 Å². The van der Waals surface area contributed by atoms with Crippen molar-refractivity contribution in [1.29, 1.82) is 0 Å². The summed E-state index contributed by atoms with van der Waals surface area (Å²) in [4.78, 5) is 15.5. The average Bonchev–Trinajstić information content (AvgIpc) is 3.28. The smallest absolute Gasteiger partial charge is 0.335 e. The van der Waals surface area contributed by atoms with Gasteiger partial charge in [-0.25, -0.2) is 10.2 Å². The standard InChI is InChI=1S/C22H21N3O3/c26-22(27)17-6-4-16(5-7-17)18-3-1-2-15(12-18)14-28-19-8-9-20(23-13-19)21-10-11-24-25-21/h1-9,12-13,21,24-25H,10-11,14H2,(H,26,27). The van der Waals surface area contributed by atoms with Crippen molar-refractivity contribution in [3.05, 3.63) is 83.7 Å². The summed E-state index contributed by atoms with van der Waals surface area (Å²) in [6.07, 6.45) is 2.78. The third-order valence-corrected chi connectivity index (χ3v) is 4.75. The van der Waals surface area contributed by atoms with Crippen LogP contribution in [0.3, 0.4) is 0 Å². The number of hydrogen-bond donors (Lipinski definition) is 3. The van der Waals surface area contributed by atoms with Crippen molar-refractivity contribution in [3.8, 4) is 16.9 Å². The SMILES string of the molecule is O=C(O)c1ccc(-c2cccc(COc3ccc(C4CCNN4)nc3)c2)cc1. The van der Waals surface area contributed by atoms with Gasteiger partial charge in [-0.15, -0.1) is 0 Å². The normalized spacial score (nSPS) is 16.1. The Kier molecular flexibility index (Phi) is 5.32. The molecule has 1 atom stereocenters. The molecule has 3 N–H and O–H groups in total. The molecule has 2 heterocycles. The summed E-state index contributed by atoms with van der Waals surface area (Å²) in [7, 11) is 0. The monoisotopic (exact) mass is 375 g/mol. The molecule has 2 aromatic carbocycles. The molecule has 1 fully saturated rings. The van der Waals surface area contributed by atoms with Gasteiger partial charge in [-0.1, -0.05) is 30.3 Å². The number of nitrogens with zero attached hydrogens (tertiary/aromatic N) is 1. The van der Waals surface area contributed by atoms with E-state index in [1.165, 1.54) is 0 Å². The van der Waals surface area contributed by atoms with Crippen LogP contribution in [0.1, 0.15) is 34.1 Å². The van der Waals surface area contributed by atoms with Crippen LogP contribution in [0.15, 0.2) is 66.9 Å². The number of aromatic nitrogens is 1. The van der Waals surface area contributed by atoms with E-state index in [9.17, 15) is 4.79 Å². The first-order chi connectivity index (χ1) is 13.7. The first kappa shape index (κ1) is 18.2. The lowest BCUT2D eigenvalue weighted by atomic mass is 10.0. The number of pyridine rings is 1. The van der Waals surface area contributed by atoms with Crippen LogP contribution in [0.4, 0.5) is 0 Å². The van der Waals surface area contributed by atoms with E-state index < -0.39 is 5.97 Å². The Balaban J connectivity index is 1.41. The molecule has 0 bridgehead atoms. The van der Waals surface area contributed by atoms with Crippen LogP contribution < -0.4 is 15.6 Å². The number of benzene rings is 2. The summed E-state index contributed by atoms with van der Waals surface area (Å²) >= 11 is 0. The summed E-state index contributed by atoms with van der Waals surface area (Å²) in [6.45, 7) is 1.38. The molecule has 6 heteroatoms. The van der Waals surface area contributed by atoms with Crippen LogP contribution >= 0.6 is 0 Å². The van der Waals surface area contributed by atoms with Gasteiger partial charge in [-0.05, 0) is 53.4 Å². The van der Waals surface area contributed by atoms with E-state index in [4.69, 9.17) is 9.84 Å². The second kappa shape index (κ2) is 8.21. The van der Waals surface area contributed by atoms with Crippen LogP contribution in [-0.4, -0.2) is 22.6 Å². The molecule has 3 aromatic rings. The fraction of sp³-hybridized carbons (Fsp3) is 0.182. The van der Waals surface area contributed by atoms with Crippen molar-refractivity contribution in [2.75, 3.05) is 6.54 Å².